The second-order valence-corrected chi connectivity index (χ2v) is 16.0. The van der Waals surface area contributed by atoms with Crippen molar-refractivity contribution in [2.75, 3.05) is 60.9 Å². The van der Waals surface area contributed by atoms with Crippen LogP contribution < -0.4 is 25.6 Å². The number of nitrogens with two attached hydrogens (primary N) is 1. The summed E-state index contributed by atoms with van der Waals surface area (Å²) in [6.45, 7) is 7.49. The molecule has 4 aliphatic heterocycles. The standard InChI is InChI=1S/C22H30FN3O2.C17H19F4N5OS/c23-19-14-17(18-5-7-21(27)24-22(18)28)4-6-20(19)26-12-8-16(9-13-26)15-25-10-2-1-3-11-25;1-16(27)4-6-26(7-5-16)14-11(17(19,20)21)9-23-15(25-14)24-13-3-2-10(28-22)8-12(13)18/h4,6,14,16,18H,1-3,5,7-13,15H2,(H,24,27,28);2-3,8-9,27H,4-7,22H2,1H3,(H,23,24,25). The third-order valence-electron chi connectivity index (χ3n) is 11.1. The highest BCUT2D eigenvalue weighted by atomic mass is 32.2. The molecular weight excluding hydrogens is 756 g/mol. The summed E-state index contributed by atoms with van der Waals surface area (Å²) in [5.74, 6) is -1.64. The molecule has 0 radical (unpaired) electrons. The first-order valence-corrected chi connectivity index (χ1v) is 20.0. The molecule has 4 aliphatic rings. The Morgan fingerprint density at radius 2 is 1.66 bits per heavy atom. The minimum absolute atomic E-state index is 0.0186. The van der Waals surface area contributed by atoms with Crippen LogP contribution in [0.5, 0.6) is 0 Å². The average Bonchev–Trinajstić information content (AvgIpc) is 3.16. The van der Waals surface area contributed by atoms with Crippen molar-refractivity contribution in [3.63, 3.8) is 0 Å². The van der Waals surface area contributed by atoms with Crippen LogP contribution in [-0.2, 0) is 15.8 Å². The van der Waals surface area contributed by atoms with Gasteiger partial charge in [0.15, 0.2) is 0 Å². The maximum absolute atomic E-state index is 14.8. The summed E-state index contributed by atoms with van der Waals surface area (Å²) in [5, 5.41) is 20.4. The maximum atomic E-state index is 14.8. The number of hydrogen-bond acceptors (Lipinski definition) is 11. The summed E-state index contributed by atoms with van der Waals surface area (Å²) < 4.78 is 69.2. The van der Waals surface area contributed by atoms with Gasteiger partial charge in [0, 0.05) is 50.2 Å². The Morgan fingerprint density at radius 3 is 2.29 bits per heavy atom. The quantitative estimate of drug-likeness (QED) is 0.109. The number of alkyl halides is 3. The van der Waals surface area contributed by atoms with E-state index in [0.717, 1.165) is 37.9 Å². The second kappa shape index (κ2) is 18.0. The zero-order chi connectivity index (χ0) is 40.0. The molecule has 0 saturated carbocycles. The van der Waals surface area contributed by atoms with E-state index in [0.29, 0.717) is 53.9 Å². The number of carbonyl (C=O) groups excluding carboxylic acids is 2. The number of amides is 2. The molecule has 2 aromatic carbocycles. The topological polar surface area (TPSA) is 140 Å². The molecule has 0 spiro atoms. The predicted molar refractivity (Wildman–Crippen MR) is 206 cm³/mol. The number of carbonyl (C=O) groups is 2. The van der Waals surface area contributed by atoms with Gasteiger partial charge >= 0.3 is 6.18 Å². The smallest absolute Gasteiger partial charge is 0.390 e. The van der Waals surface area contributed by atoms with Crippen LogP contribution in [0.2, 0.25) is 0 Å². The van der Waals surface area contributed by atoms with E-state index >= 15 is 0 Å². The number of imide groups is 1. The zero-order valence-corrected chi connectivity index (χ0v) is 32.2. The van der Waals surface area contributed by atoms with Gasteiger partial charge in [-0.25, -0.2) is 13.8 Å². The molecular formula is C39H49F5N8O3S. The number of rotatable bonds is 8. The largest absolute Gasteiger partial charge is 0.421 e. The summed E-state index contributed by atoms with van der Waals surface area (Å²) in [4.78, 5) is 37.7. The first kappa shape index (κ1) is 41.6. The second-order valence-electron chi connectivity index (χ2n) is 15.3. The number of anilines is 4. The lowest BCUT2D eigenvalue weighted by atomic mass is 9.90. The van der Waals surface area contributed by atoms with Crippen LogP contribution in [0.3, 0.4) is 0 Å². The van der Waals surface area contributed by atoms with Gasteiger partial charge in [0.2, 0.25) is 17.8 Å². The molecule has 5 heterocycles. The van der Waals surface area contributed by atoms with Crippen molar-refractivity contribution in [1.82, 2.24) is 20.2 Å². The number of aliphatic hydroxyl groups is 1. The highest BCUT2D eigenvalue weighted by molar-refractivity contribution is 7.97. The number of likely N-dealkylation sites (tertiary alicyclic amines) is 1. The molecule has 4 saturated heterocycles. The van der Waals surface area contributed by atoms with Gasteiger partial charge in [-0.2, -0.15) is 18.2 Å². The highest BCUT2D eigenvalue weighted by Gasteiger charge is 2.39. The third kappa shape index (κ3) is 10.7. The molecule has 11 nitrogen and oxygen atoms in total. The molecule has 1 aromatic heterocycles. The van der Waals surface area contributed by atoms with Crippen LogP contribution in [0.1, 0.15) is 81.8 Å². The molecule has 17 heteroatoms. The van der Waals surface area contributed by atoms with E-state index in [1.807, 2.05) is 6.07 Å². The van der Waals surface area contributed by atoms with Crippen molar-refractivity contribution in [3.05, 3.63) is 65.4 Å². The Labute approximate surface area is 327 Å². The van der Waals surface area contributed by atoms with Gasteiger partial charge in [0.25, 0.3) is 0 Å². The molecule has 2 amide bonds. The number of aromatic nitrogens is 2. The predicted octanol–water partition coefficient (Wildman–Crippen LogP) is 6.74. The van der Waals surface area contributed by atoms with Gasteiger partial charge in [-0.3, -0.25) is 20.0 Å². The molecule has 1 atom stereocenters. The monoisotopic (exact) mass is 804 g/mol. The van der Waals surface area contributed by atoms with Crippen molar-refractivity contribution in [3.8, 4) is 0 Å². The molecule has 5 N–H and O–H groups in total. The van der Waals surface area contributed by atoms with Crippen molar-refractivity contribution in [1.29, 1.82) is 0 Å². The van der Waals surface area contributed by atoms with Gasteiger partial charge in [-0.15, -0.1) is 0 Å². The third-order valence-corrected chi connectivity index (χ3v) is 11.6. The van der Waals surface area contributed by atoms with Crippen molar-refractivity contribution in [2.45, 2.75) is 87.3 Å². The molecule has 304 valence electrons. The fourth-order valence-corrected chi connectivity index (χ4v) is 8.05. The normalized spacial score (nSPS) is 21.0. The molecule has 3 aromatic rings. The van der Waals surface area contributed by atoms with E-state index < -0.39 is 29.1 Å². The lowest BCUT2D eigenvalue weighted by molar-refractivity contribution is -0.138. The Bertz CT molecular complexity index is 1840. The Morgan fingerprint density at radius 1 is 0.946 bits per heavy atom. The minimum Gasteiger partial charge on any atom is -0.390 e. The van der Waals surface area contributed by atoms with Gasteiger partial charge in [-0.05, 0) is 119 Å². The lowest BCUT2D eigenvalue weighted by Crippen LogP contribution is -2.43. The summed E-state index contributed by atoms with van der Waals surface area (Å²) in [6, 6.07) is 9.30. The molecule has 0 bridgehead atoms. The molecule has 0 aliphatic carbocycles. The van der Waals surface area contributed by atoms with E-state index in [1.165, 1.54) is 62.0 Å². The van der Waals surface area contributed by atoms with E-state index in [1.54, 1.807) is 19.1 Å². The fraction of sp³-hybridized carbons (Fsp3) is 0.538. The van der Waals surface area contributed by atoms with Gasteiger partial charge < -0.3 is 25.1 Å². The summed E-state index contributed by atoms with van der Waals surface area (Å²) in [5.41, 5.74) is -0.590. The Kier molecular flexibility index (Phi) is 13.4. The molecule has 1 unspecified atom stereocenters. The number of piperidine rings is 4. The van der Waals surface area contributed by atoms with E-state index in [-0.39, 0.29) is 48.2 Å². The van der Waals surface area contributed by atoms with E-state index in [2.05, 4.69) is 30.4 Å². The van der Waals surface area contributed by atoms with Crippen LogP contribution in [-0.4, -0.2) is 83.2 Å². The van der Waals surface area contributed by atoms with Gasteiger partial charge in [0.05, 0.1) is 22.9 Å². The number of hydrogen-bond donors (Lipinski definition) is 4. The van der Waals surface area contributed by atoms with Crippen LogP contribution >= 0.6 is 11.9 Å². The zero-order valence-electron chi connectivity index (χ0n) is 31.4. The number of nitrogens with one attached hydrogen (secondary N) is 2. The maximum Gasteiger partial charge on any atom is 0.421 e. The SMILES string of the molecule is CC1(O)CCN(c2nc(Nc3ccc(SN)cc3F)ncc2C(F)(F)F)CC1.O=C1CCC(c2ccc(N3CCC(CN4CCCCC4)CC3)c(F)c2)C(=O)N1. The van der Waals surface area contributed by atoms with Gasteiger partial charge in [-0.1, -0.05) is 12.5 Å². The number of benzene rings is 2. The Balaban J connectivity index is 0.000000190. The van der Waals surface area contributed by atoms with Crippen LogP contribution in [0.25, 0.3) is 0 Å². The first-order chi connectivity index (χ1) is 26.7. The van der Waals surface area contributed by atoms with Crippen molar-refractivity contribution >= 4 is 46.9 Å². The summed E-state index contributed by atoms with van der Waals surface area (Å²) in [6.07, 6.45) is 3.63. The first-order valence-electron chi connectivity index (χ1n) is 19.1. The summed E-state index contributed by atoms with van der Waals surface area (Å²) in [7, 11) is 0. The van der Waals surface area contributed by atoms with Gasteiger partial charge in [0.1, 0.15) is 23.0 Å². The highest BCUT2D eigenvalue weighted by Crippen LogP contribution is 2.38. The van der Waals surface area contributed by atoms with Crippen LogP contribution in [0.15, 0.2) is 47.5 Å². The minimum atomic E-state index is -4.64. The van der Waals surface area contributed by atoms with Crippen LogP contribution in [0, 0.1) is 17.6 Å². The average molecular weight is 805 g/mol. The molecule has 56 heavy (non-hydrogen) atoms. The fourth-order valence-electron chi connectivity index (χ4n) is 7.74. The number of nitrogens with zero attached hydrogens (tertiary/aromatic N) is 5. The van der Waals surface area contributed by atoms with Crippen LogP contribution in [0.4, 0.5) is 45.1 Å². The molecule has 7 rings (SSSR count). The van der Waals surface area contributed by atoms with E-state index in [4.69, 9.17) is 5.14 Å². The Hall–Kier alpha value is -4.06. The number of halogens is 5. The van der Waals surface area contributed by atoms with E-state index in [9.17, 15) is 36.6 Å². The van der Waals surface area contributed by atoms with Crippen molar-refractivity contribution < 1.29 is 36.6 Å². The lowest BCUT2D eigenvalue weighted by Gasteiger charge is -2.37. The summed E-state index contributed by atoms with van der Waals surface area (Å²) >= 11 is 0.873. The van der Waals surface area contributed by atoms with Crippen molar-refractivity contribution in [2.24, 2.45) is 11.1 Å². The molecule has 4 fully saturated rings.